The molecule has 1 N–H and O–H groups in total. The van der Waals surface area contributed by atoms with E-state index in [1.165, 1.54) is 0 Å². The van der Waals surface area contributed by atoms with Crippen molar-refractivity contribution in [2.24, 2.45) is 5.92 Å². The van der Waals surface area contributed by atoms with Crippen molar-refractivity contribution in [2.75, 3.05) is 20.6 Å². The topological polar surface area (TPSA) is 32.3 Å². The first kappa shape index (κ1) is 16.6. The Bertz CT molecular complexity index is 451. The Morgan fingerprint density at radius 3 is 2.50 bits per heavy atom. The number of nitrogens with zero attached hydrogens (tertiary/aromatic N) is 1. The van der Waals surface area contributed by atoms with E-state index in [2.05, 4.69) is 19.2 Å². The van der Waals surface area contributed by atoms with Gasteiger partial charge in [-0.1, -0.05) is 13.8 Å². The van der Waals surface area contributed by atoms with Gasteiger partial charge in [0.25, 0.3) is 5.91 Å². The Balaban J connectivity index is 2.81. The van der Waals surface area contributed by atoms with Gasteiger partial charge >= 0.3 is 0 Å². The predicted molar refractivity (Wildman–Crippen MR) is 75.6 cm³/mol. The summed E-state index contributed by atoms with van der Waals surface area (Å²) in [5.74, 6) is -1.51. The fraction of sp³-hybridized carbons (Fsp3) is 0.533. The maximum atomic E-state index is 13.6. The molecule has 1 amide bonds. The Kier molecular flexibility index (Phi) is 6.07. The Morgan fingerprint density at radius 2 is 1.95 bits per heavy atom. The molecule has 1 unspecified atom stereocenters. The van der Waals surface area contributed by atoms with E-state index in [-0.39, 0.29) is 11.6 Å². The summed E-state index contributed by atoms with van der Waals surface area (Å²) in [4.78, 5) is 14.0. The van der Waals surface area contributed by atoms with E-state index in [1.54, 1.807) is 0 Å². The minimum Gasteiger partial charge on any atom is -0.348 e. The van der Waals surface area contributed by atoms with Crippen molar-refractivity contribution in [1.29, 1.82) is 0 Å². The number of carbonyl (C=O) groups is 1. The number of carbonyl (C=O) groups excluding carboxylic acids is 1. The number of rotatable bonds is 6. The van der Waals surface area contributed by atoms with Crippen molar-refractivity contribution < 1.29 is 13.6 Å². The quantitative estimate of drug-likeness (QED) is 0.871. The molecule has 20 heavy (non-hydrogen) atoms. The van der Waals surface area contributed by atoms with Crippen LogP contribution in [0.4, 0.5) is 8.78 Å². The lowest BCUT2D eigenvalue weighted by molar-refractivity contribution is 0.0920. The number of hydrogen-bond donors (Lipinski definition) is 1. The van der Waals surface area contributed by atoms with Crippen LogP contribution >= 0.6 is 0 Å². The third-order valence-electron chi connectivity index (χ3n) is 2.85. The van der Waals surface area contributed by atoms with E-state index < -0.39 is 17.5 Å². The van der Waals surface area contributed by atoms with Gasteiger partial charge in [-0.15, -0.1) is 0 Å². The molecule has 1 aromatic rings. The van der Waals surface area contributed by atoms with E-state index in [0.717, 1.165) is 24.6 Å². The van der Waals surface area contributed by atoms with Crippen LogP contribution in [-0.2, 0) is 0 Å². The normalized spacial score (nSPS) is 12.8. The van der Waals surface area contributed by atoms with Gasteiger partial charge in [-0.2, -0.15) is 0 Å². The molecule has 5 heteroatoms. The molecule has 0 saturated heterocycles. The number of hydrogen-bond acceptors (Lipinski definition) is 2. The monoisotopic (exact) mass is 284 g/mol. The second-order valence-corrected chi connectivity index (χ2v) is 5.69. The first-order valence-electron chi connectivity index (χ1n) is 6.70. The van der Waals surface area contributed by atoms with Crippen LogP contribution in [0.1, 0.15) is 30.6 Å². The maximum Gasteiger partial charge on any atom is 0.254 e. The second kappa shape index (κ2) is 7.33. The lowest BCUT2D eigenvalue weighted by Crippen LogP contribution is -2.42. The molecular formula is C15H22F2N2O. The molecule has 0 aliphatic carbocycles. The molecule has 0 saturated carbocycles. The molecule has 1 atom stereocenters. The molecule has 0 spiro atoms. The van der Waals surface area contributed by atoms with Crippen LogP contribution in [0, 0.1) is 17.6 Å². The number of benzene rings is 1. The predicted octanol–water partition coefficient (Wildman–Crippen LogP) is 2.67. The smallest absolute Gasteiger partial charge is 0.254 e. The van der Waals surface area contributed by atoms with Gasteiger partial charge in [0.15, 0.2) is 0 Å². The molecule has 0 aromatic heterocycles. The molecule has 112 valence electrons. The molecule has 1 aromatic carbocycles. The van der Waals surface area contributed by atoms with Crippen molar-refractivity contribution in [3.63, 3.8) is 0 Å². The van der Waals surface area contributed by atoms with E-state index in [1.807, 2.05) is 19.0 Å². The van der Waals surface area contributed by atoms with E-state index in [4.69, 9.17) is 0 Å². The van der Waals surface area contributed by atoms with Gasteiger partial charge < -0.3 is 10.2 Å². The second-order valence-electron chi connectivity index (χ2n) is 5.69. The number of likely N-dealkylation sites (N-methyl/N-ethyl adjacent to an activating group) is 1. The third kappa shape index (κ3) is 5.25. The zero-order valence-corrected chi connectivity index (χ0v) is 12.4. The van der Waals surface area contributed by atoms with Crippen molar-refractivity contribution in [1.82, 2.24) is 10.2 Å². The van der Waals surface area contributed by atoms with Crippen molar-refractivity contribution in [3.8, 4) is 0 Å². The highest BCUT2D eigenvalue weighted by Gasteiger charge is 2.18. The number of amides is 1. The average Bonchev–Trinajstić information content (AvgIpc) is 2.30. The summed E-state index contributed by atoms with van der Waals surface area (Å²) in [6, 6.07) is 2.79. The fourth-order valence-electron chi connectivity index (χ4n) is 2.12. The highest BCUT2D eigenvalue weighted by molar-refractivity contribution is 5.94. The van der Waals surface area contributed by atoms with Gasteiger partial charge in [-0.25, -0.2) is 8.78 Å². The standard InChI is InChI=1S/C15H22F2N2O/c1-10(2)7-12(9-19(3)4)18-15(20)13-8-11(16)5-6-14(13)17/h5-6,8,10,12H,7,9H2,1-4H3,(H,18,20). The van der Waals surface area contributed by atoms with Crippen LogP contribution in [0.25, 0.3) is 0 Å². The summed E-state index contributed by atoms with van der Waals surface area (Å²) in [6.45, 7) is 4.76. The lowest BCUT2D eigenvalue weighted by atomic mass is 10.0. The zero-order valence-electron chi connectivity index (χ0n) is 12.4. The van der Waals surface area contributed by atoms with Crippen molar-refractivity contribution >= 4 is 5.91 Å². The largest absolute Gasteiger partial charge is 0.348 e. The van der Waals surface area contributed by atoms with E-state index >= 15 is 0 Å². The molecule has 0 aliphatic rings. The average molecular weight is 284 g/mol. The third-order valence-corrected chi connectivity index (χ3v) is 2.85. The molecule has 3 nitrogen and oxygen atoms in total. The fourth-order valence-corrected chi connectivity index (χ4v) is 2.12. The van der Waals surface area contributed by atoms with Crippen LogP contribution in [-0.4, -0.2) is 37.5 Å². The first-order chi connectivity index (χ1) is 9.29. The summed E-state index contributed by atoms with van der Waals surface area (Å²) < 4.78 is 26.7. The Hall–Kier alpha value is -1.49. The van der Waals surface area contributed by atoms with E-state index in [0.29, 0.717) is 12.5 Å². The van der Waals surface area contributed by atoms with Gasteiger partial charge in [0.1, 0.15) is 11.6 Å². The molecule has 0 heterocycles. The summed E-state index contributed by atoms with van der Waals surface area (Å²) in [5.41, 5.74) is -0.252. The highest BCUT2D eigenvalue weighted by atomic mass is 19.1. The Labute approximate surface area is 119 Å². The summed E-state index contributed by atoms with van der Waals surface area (Å²) in [5, 5.41) is 2.78. The van der Waals surface area contributed by atoms with Crippen molar-refractivity contribution in [2.45, 2.75) is 26.3 Å². The molecule has 0 fully saturated rings. The number of nitrogens with one attached hydrogen (secondary N) is 1. The van der Waals surface area contributed by atoms with Crippen LogP contribution in [0.3, 0.4) is 0 Å². The first-order valence-corrected chi connectivity index (χ1v) is 6.70. The summed E-state index contributed by atoms with van der Waals surface area (Å²) in [6.07, 6.45) is 0.779. The van der Waals surface area contributed by atoms with Crippen LogP contribution < -0.4 is 5.32 Å². The van der Waals surface area contributed by atoms with E-state index in [9.17, 15) is 13.6 Å². The zero-order chi connectivity index (χ0) is 15.3. The lowest BCUT2D eigenvalue weighted by Gasteiger charge is -2.24. The molecule has 0 bridgehead atoms. The molecule has 0 aliphatic heterocycles. The van der Waals surface area contributed by atoms with Gasteiger partial charge in [-0.3, -0.25) is 4.79 Å². The molecule has 0 radical (unpaired) electrons. The van der Waals surface area contributed by atoms with Gasteiger partial charge in [0.05, 0.1) is 5.56 Å². The van der Waals surface area contributed by atoms with Crippen LogP contribution in [0.15, 0.2) is 18.2 Å². The summed E-state index contributed by atoms with van der Waals surface area (Å²) >= 11 is 0. The molecular weight excluding hydrogens is 262 g/mol. The van der Waals surface area contributed by atoms with Gasteiger partial charge in [-0.05, 0) is 44.6 Å². The Morgan fingerprint density at radius 1 is 1.30 bits per heavy atom. The molecule has 1 rings (SSSR count). The number of halogens is 2. The minimum atomic E-state index is -0.711. The van der Waals surface area contributed by atoms with Crippen molar-refractivity contribution in [3.05, 3.63) is 35.4 Å². The van der Waals surface area contributed by atoms with Crippen LogP contribution in [0.5, 0.6) is 0 Å². The SMILES string of the molecule is CC(C)CC(CN(C)C)NC(=O)c1cc(F)ccc1F. The van der Waals surface area contributed by atoms with Gasteiger partial charge in [0.2, 0.25) is 0 Å². The van der Waals surface area contributed by atoms with Gasteiger partial charge in [0, 0.05) is 12.6 Å². The summed E-state index contributed by atoms with van der Waals surface area (Å²) in [7, 11) is 3.81. The highest BCUT2D eigenvalue weighted by Crippen LogP contribution is 2.11. The van der Waals surface area contributed by atoms with Crippen LogP contribution in [0.2, 0.25) is 0 Å². The maximum absolute atomic E-state index is 13.6. The minimum absolute atomic E-state index is 0.0971.